The van der Waals surface area contributed by atoms with Crippen LogP contribution in [-0.2, 0) is 77.3 Å². The van der Waals surface area contributed by atoms with E-state index in [1.54, 1.807) is 42.6 Å². The molecule has 2 fully saturated rings. The van der Waals surface area contributed by atoms with E-state index < -0.39 is 59.2 Å². The van der Waals surface area contributed by atoms with Crippen LogP contribution in [0.2, 0.25) is 10.0 Å². The number of likely N-dealkylation sites (N-methyl/N-ethyl adjacent to an activating group) is 1. The first-order valence-corrected chi connectivity index (χ1v) is 31.9. The number of anilines is 2. The summed E-state index contributed by atoms with van der Waals surface area (Å²) in [6, 6.07) is 31.5. The summed E-state index contributed by atoms with van der Waals surface area (Å²) in [5.41, 5.74) is 3.65. The molecule has 4 N–H and O–H groups in total. The zero-order chi connectivity index (χ0) is 67.4. The quantitative estimate of drug-likeness (QED) is 0.0250. The molecule has 5 amide bonds. The van der Waals surface area contributed by atoms with Gasteiger partial charge in [0, 0.05) is 106 Å². The number of methoxy groups -OCH3 is 2. The fourth-order valence-corrected chi connectivity index (χ4v) is 11.5. The van der Waals surface area contributed by atoms with Gasteiger partial charge in [0.25, 0.3) is 17.7 Å². The first-order valence-electron chi connectivity index (χ1n) is 31.2. The molecule has 2 aliphatic rings. The van der Waals surface area contributed by atoms with Crippen molar-refractivity contribution in [3.63, 3.8) is 0 Å². The number of piperidine rings is 2. The number of rotatable bonds is 24. The third-order valence-corrected chi connectivity index (χ3v) is 15.9. The van der Waals surface area contributed by atoms with E-state index in [0.29, 0.717) is 65.4 Å². The Hall–Kier alpha value is -8.22. The smallest absolute Gasteiger partial charge is 0.407 e. The maximum absolute atomic E-state index is 14.2. The highest BCUT2D eigenvalue weighted by Gasteiger charge is 2.36. The molecular weight excluding hydrogens is 1230 g/mol. The maximum Gasteiger partial charge on any atom is 0.407 e. The highest BCUT2D eigenvalue weighted by molar-refractivity contribution is 6.31. The number of aromatic nitrogens is 4. The van der Waals surface area contributed by atoms with Gasteiger partial charge in [0.05, 0.1) is 13.7 Å². The summed E-state index contributed by atoms with van der Waals surface area (Å²) in [4.78, 5) is 89.3. The highest BCUT2D eigenvalue weighted by atomic mass is 35.5. The van der Waals surface area contributed by atoms with E-state index in [-0.39, 0.29) is 62.8 Å². The molecule has 25 heteroatoms. The summed E-state index contributed by atoms with van der Waals surface area (Å²) >= 11 is 13.2. The standard InChI is InChI=1S/C34H45ClN6O6.C34H44ClN5O6/c1-34(2,3)47-33(44)36-25-16-12-18-40(21-25)31-26(20-24-15-10-11-17-27(24)35)29(38-41(31)22-45-5)30(42)37-28(32(43)39(4)46-6)19-23-13-8-7-9-14-23;1-6-45-32(42)28(19-23-13-8-7-9-14-23)37-30(41)29-26(20-24-15-10-11-17-27(24)35)31(40(38-29)22-44-5)39-18-12-16-25(21-39)36-33(43)46-34(2,3)4/h7-11,13-15,17,25,28H,12,16,18-22H2,1-6H3,(H,36,44)(H,37,42);7-11,13-15,17,25,28H,6,12,16,18-22H2,1-5H3,(H,36,43)(H,37,41)/t2*25-,28+/m11/s1. The Morgan fingerprint density at radius 3 is 1.38 bits per heavy atom. The summed E-state index contributed by atoms with van der Waals surface area (Å²) in [6.45, 7) is 15.2. The fraction of sp³-hybridized carbons (Fsp3) is 0.471. The lowest BCUT2D eigenvalue weighted by molar-refractivity contribution is -0.170. The molecule has 0 saturated carbocycles. The summed E-state index contributed by atoms with van der Waals surface area (Å²) < 4.78 is 30.6. The number of ether oxygens (including phenoxy) is 5. The van der Waals surface area contributed by atoms with E-state index in [1.807, 2.05) is 139 Å². The number of benzene rings is 4. The van der Waals surface area contributed by atoms with Crippen LogP contribution in [0.3, 0.4) is 0 Å². The molecule has 0 spiro atoms. The number of alkyl carbamates (subject to hydrolysis) is 2. The summed E-state index contributed by atoms with van der Waals surface area (Å²) in [6.07, 6.45) is 3.21. The Labute approximate surface area is 554 Å². The monoisotopic (exact) mass is 1320 g/mol. The van der Waals surface area contributed by atoms with Crippen molar-refractivity contribution in [2.45, 2.75) is 149 Å². The number of nitrogens with zero attached hydrogens (tertiary/aromatic N) is 7. The lowest BCUT2D eigenvalue weighted by atomic mass is 10.0. The summed E-state index contributed by atoms with van der Waals surface area (Å²) in [7, 11) is 6.00. The van der Waals surface area contributed by atoms with E-state index in [0.717, 1.165) is 53.0 Å². The lowest BCUT2D eigenvalue weighted by Gasteiger charge is -2.35. The molecule has 2 saturated heterocycles. The Bertz CT molecular complexity index is 3460. The van der Waals surface area contributed by atoms with Crippen LogP contribution in [0, 0.1) is 0 Å². The number of hydroxylamine groups is 2. The minimum Gasteiger partial charge on any atom is -0.464 e. The Kier molecular flexibility index (Phi) is 26.5. The van der Waals surface area contributed by atoms with Crippen LogP contribution in [0.4, 0.5) is 21.2 Å². The molecule has 0 radical (unpaired) electrons. The van der Waals surface area contributed by atoms with Crippen molar-refractivity contribution < 1.29 is 57.3 Å². The predicted octanol–water partition coefficient (Wildman–Crippen LogP) is 9.71. The number of amides is 5. The third kappa shape index (κ3) is 21.1. The van der Waals surface area contributed by atoms with Crippen LogP contribution >= 0.6 is 23.2 Å². The number of esters is 1. The minimum absolute atomic E-state index is 0.0670. The highest BCUT2D eigenvalue weighted by Crippen LogP contribution is 2.34. The first-order chi connectivity index (χ1) is 44.4. The largest absolute Gasteiger partial charge is 0.464 e. The lowest BCUT2D eigenvalue weighted by Crippen LogP contribution is -2.49. The zero-order valence-electron chi connectivity index (χ0n) is 55.1. The van der Waals surface area contributed by atoms with Gasteiger partial charge in [-0.1, -0.05) is 120 Å². The van der Waals surface area contributed by atoms with Crippen molar-refractivity contribution in [1.82, 2.24) is 45.9 Å². The van der Waals surface area contributed by atoms with E-state index >= 15 is 0 Å². The molecule has 4 heterocycles. The molecule has 6 aromatic rings. The molecule has 0 bridgehead atoms. The molecule has 93 heavy (non-hydrogen) atoms. The first kappa shape index (κ1) is 72.2. The van der Waals surface area contributed by atoms with E-state index in [9.17, 15) is 28.8 Å². The number of nitrogens with one attached hydrogen (secondary N) is 4. The van der Waals surface area contributed by atoms with Gasteiger partial charge in [-0.15, -0.1) is 0 Å². The zero-order valence-corrected chi connectivity index (χ0v) is 56.6. The topological polar surface area (TPSA) is 251 Å². The third-order valence-electron chi connectivity index (χ3n) is 15.1. The summed E-state index contributed by atoms with van der Waals surface area (Å²) in [5.74, 6) is -0.641. The Balaban J connectivity index is 0.000000264. The second kappa shape index (κ2) is 34.1. The van der Waals surface area contributed by atoms with Crippen LogP contribution < -0.4 is 31.1 Å². The van der Waals surface area contributed by atoms with Gasteiger partial charge in [-0.2, -0.15) is 10.2 Å². The van der Waals surface area contributed by atoms with Crippen molar-refractivity contribution >= 4 is 70.7 Å². The van der Waals surface area contributed by atoms with Gasteiger partial charge in [0.15, 0.2) is 11.4 Å². The maximum atomic E-state index is 14.2. The van der Waals surface area contributed by atoms with Crippen molar-refractivity contribution in [2.24, 2.45) is 0 Å². The fourth-order valence-electron chi connectivity index (χ4n) is 11.1. The molecule has 23 nitrogen and oxygen atoms in total. The number of carbonyl (C=O) groups excluding carboxylic acids is 6. The second-order valence-electron chi connectivity index (χ2n) is 24.7. The van der Waals surface area contributed by atoms with Crippen molar-refractivity contribution in [3.8, 4) is 0 Å². The molecule has 2 aliphatic heterocycles. The number of hydrogen-bond donors (Lipinski definition) is 4. The van der Waals surface area contributed by atoms with Crippen molar-refractivity contribution in [1.29, 1.82) is 0 Å². The van der Waals surface area contributed by atoms with Crippen LogP contribution in [-0.4, -0.2) is 157 Å². The van der Waals surface area contributed by atoms with Crippen LogP contribution in [0.1, 0.15) is 129 Å². The van der Waals surface area contributed by atoms with Gasteiger partial charge in [-0.3, -0.25) is 19.2 Å². The minimum atomic E-state index is -0.934. The van der Waals surface area contributed by atoms with Gasteiger partial charge < -0.3 is 54.8 Å². The molecule has 8 rings (SSSR count). The van der Waals surface area contributed by atoms with Crippen molar-refractivity contribution in [2.75, 3.05) is 71.0 Å². The van der Waals surface area contributed by atoms with Crippen LogP contribution in [0.15, 0.2) is 109 Å². The van der Waals surface area contributed by atoms with Gasteiger partial charge in [-0.05, 0) is 109 Å². The molecule has 502 valence electrons. The van der Waals surface area contributed by atoms with E-state index in [1.165, 1.54) is 14.2 Å². The SMILES string of the molecule is CCOC(=O)[C@H](Cc1ccccc1)NC(=O)c1nn(COC)c(N2CCC[C@@H](NC(=O)OC(C)(C)C)C2)c1Cc1ccccc1Cl.COCn1nc(C(=O)N[C@@H](Cc2ccccc2)C(=O)N(C)OC)c(Cc2ccccc2Cl)c1N1CCC[C@@H](NC(=O)OC(C)(C)C)C1. The average molecular weight is 1320 g/mol. The molecule has 0 aliphatic carbocycles. The Morgan fingerprint density at radius 1 is 0.591 bits per heavy atom. The van der Waals surface area contributed by atoms with Gasteiger partial charge in [0.2, 0.25) is 0 Å². The van der Waals surface area contributed by atoms with Gasteiger partial charge in [-0.25, -0.2) is 28.8 Å². The molecular formula is C68H89Cl2N11O12. The van der Waals surface area contributed by atoms with Gasteiger partial charge in [0.1, 0.15) is 48.4 Å². The number of carbonyl (C=O) groups is 6. The molecule has 0 unspecified atom stereocenters. The second-order valence-corrected chi connectivity index (χ2v) is 25.6. The normalized spacial score (nSPS) is 15.6. The number of hydrogen-bond acceptors (Lipinski definition) is 16. The average Bonchev–Trinajstić information content (AvgIpc) is 1.65. The van der Waals surface area contributed by atoms with E-state index in [4.69, 9.17) is 61.9 Å². The predicted molar refractivity (Wildman–Crippen MR) is 355 cm³/mol. The Morgan fingerprint density at radius 2 is 0.989 bits per heavy atom. The molecule has 4 aromatic carbocycles. The van der Waals surface area contributed by atoms with Crippen LogP contribution in [0.25, 0.3) is 0 Å². The van der Waals surface area contributed by atoms with Crippen LogP contribution in [0.5, 0.6) is 0 Å². The van der Waals surface area contributed by atoms with E-state index in [2.05, 4.69) is 31.1 Å². The molecule has 2 aromatic heterocycles. The molecule has 4 atom stereocenters. The van der Waals surface area contributed by atoms with Gasteiger partial charge >= 0.3 is 18.2 Å². The summed E-state index contributed by atoms with van der Waals surface area (Å²) in [5, 5.41) is 23.5. The number of halogens is 2. The van der Waals surface area contributed by atoms with Crippen molar-refractivity contribution in [3.05, 3.63) is 164 Å².